The highest BCUT2D eigenvalue weighted by molar-refractivity contribution is 5.97. The molecule has 0 heterocycles. The van der Waals surface area contributed by atoms with E-state index in [1.165, 1.54) is 5.56 Å². The van der Waals surface area contributed by atoms with E-state index in [1.807, 2.05) is 18.2 Å². The highest BCUT2D eigenvalue weighted by Crippen LogP contribution is 2.40. The molecule has 118 valence electrons. The lowest BCUT2D eigenvalue weighted by atomic mass is 9.88. The first-order valence-corrected chi connectivity index (χ1v) is 7.91. The van der Waals surface area contributed by atoms with Crippen molar-refractivity contribution in [3.8, 4) is 0 Å². The maximum atomic E-state index is 12.7. The number of nitrogens with one attached hydrogen (secondary N) is 1. The third kappa shape index (κ3) is 3.42. The summed E-state index contributed by atoms with van der Waals surface area (Å²) in [6.45, 7) is 0. The van der Waals surface area contributed by atoms with Gasteiger partial charge in [0, 0.05) is 17.2 Å². The molecule has 0 aromatic heterocycles. The average molecular weight is 308 g/mol. The van der Waals surface area contributed by atoms with Gasteiger partial charge in [-0.3, -0.25) is 9.59 Å². The van der Waals surface area contributed by atoms with Crippen LogP contribution in [0.3, 0.4) is 0 Å². The molecule has 0 aliphatic heterocycles. The minimum atomic E-state index is -0.496. The second kappa shape index (κ2) is 6.65. The van der Waals surface area contributed by atoms with Gasteiger partial charge in [-0.05, 0) is 42.5 Å². The molecule has 2 aromatic rings. The van der Waals surface area contributed by atoms with Crippen molar-refractivity contribution in [2.24, 2.45) is 11.7 Å². The molecule has 2 unspecified atom stereocenters. The minimum Gasteiger partial charge on any atom is -0.366 e. The van der Waals surface area contributed by atoms with Crippen molar-refractivity contribution in [3.63, 3.8) is 0 Å². The normalized spacial score (nSPS) is 20.2. The van der Waals surface area contributed by atoms with Crippen molar-refractivity contribution < 1.29 is 9.59 Å². The number of amides is 2. The summed E-state index contributed by atoms with van der Waals surface area (Å²) < 4.78 is 0. The van der Waals surface area contributed by atoms with Gasteiger partial charge in [0.15, 0.2) is 0 Å². The Hall–Kier alpha value is -2.62. The Morgan fingerprint density at radius 3 is 2.52 bits per heavy atom. The van der Waals surface area contributed by atoms with Crippen LogP contribution in [0.2, 0.25) is 0 Å². The number of nitrogens with two attached hydrogens (primary N) is 1. The SMILES string of the molecule is NC(=O)c1cccc(NC(=O)C2CCCC2c2ccccc2)c1. The molecule has 0 bridgehead atoms. The monoisotopic (exact) mass is 308 g/mol. The van der Waals surface area contributed by atoms with Crippen molar-refractivity contribution >= 4 is 17.5 Å². The fraction of sp³-hybridized carbons (Fsp3) is 0.263. The second-order valence-electron chi connectivity index (χ2n) is 5.99. The van der Waals surface area contributed by atoms with E-state index in [1.54, 1.807) is 24.3 Å². The molecule has 0 saturated heterocycles. The molecule has 2 atom stereocenters. The Kier molecular flexibility index (Phi) is 4.42. The van der Waals surface area contributed by atoms with Crippen molar-refractivity contribution in [1.29, 1.82) is 0 Å². The van der Waals surface area contributed by atoms with Crippen LogP contribution in [0.1, 0.15) is 41.1 Å². The zero-order chi connectivity index (χ0) is 16.2. The molecule has 2 aromatic carbocycles. The van der Waals surface area contributed by atoms with Crippen LogP contribution in [0.5, 0.6) is 0 Å². The lowest BCUT2D eigenvalue weighted by molar-refractivity contribution is -0.120. The molecule has 1 aliphatic rings. The van der Waals surface area contributed by atoms with E-state index < -0.39 is 5.91 Å². The number of anilines is 1. The quantitative estimate of drug-likeness (QED) is 0.909. The number of benzene rings is 2. The van der Waals surface area contributed by atoms with Gasteiger partial charge in [-0.25, -0.2) is 0 Å². The zero-order valence-electron chi connectivity index (χ0n) is 12.9. The average Bonchev–Trinajstić information content (AvgIpc) is 3.05. The molecule has 3 rings (SSSR count). The van der Waals surface area contributed by atoms with Crippen LogP contribution in [0.25, 0.3) is 0 Å². The maximum absolute atomic E-state index is 12.7. The smallest absolute Gasteiger partial charge is 0.248 e. The van der Waals surface area contributed by atoms with Crippen LogP contribution in [-0.2, 0) is 4.79 Å². The van der Waals surface area contributed by atoms with Crippen LogP contribution in [0, 0.1) is 5.92 Å². The largest absolute Gasteiger partial charge is 0.366 e. The summed E-state index contributed by atoms with van der Waals surface area (Å²) in [5.74, 6) is -0.257. The van der Waals surface area contributed by atoms with Gasteiger partial charge in [-0.15, -0.1) is 0 Å². The van der Waals surface area contributed by atoms with E-state index in [4.69, 9.17) is 5.73 Å². The van der Waals surface area contributed by atoms with Gasteiger partial charge in [0.25, 0.3) is 0 Å². The summed E-state index contributed by atoms with van der Waals surface area (Å²) in [7, 11) is 0. The predicted octanol–water partition coefficient (Wildman–Crippen LogP) is 3.31. The molecule has 0 spiro atoms. The summed E-state index contributed by atoms with van der Waals surface area (Å²) in [6.07, 6.45) is 2.98. The third-order valence-electron chi connectivity index (χ3n) is 4.50. The number of hydrogen-bond acceptors (Lipinski definition) is 2. The zero-order valence-corrected chi connectivity index (χ0v) is 12.9. The Balaban J connectivity index is 1.75. The van der Waals surface area contributed by atoms with Crippen LogP contribution >= 0.6 is 0 Å². The number of carbonyl (C=O) groups is 2. The molecule has 3 N–H and O–H groups in total. The first kappa shape index (κ1) is 15.3. The molecule has 1 saturated carbocycles. The lowest BCUT2D eigenvalue weighted by Gasteiger charge is -2.19. The molecule has 1 aliphatic carbocycles. The summed E-state index contributed by atoms with van der Waals surface area (Å²) in [6, 6.07) is 16.9. The highest BCUT2D eigenvalue weighted by Gasteiger charge is 2.33. The molecule has 4 nitrogen and oxygen atoms in total. The molecule has 0 radical (unpaired) electrons. The van der Waals surface area contributed by atoms with Gasteiger partial charge >= 0.3 is 0 Å². The van der Waals surface area contributed by atoms with Crippen LogP contribution < -0.4 is 11.1 Å². The van der Waals surface area contributed by atoms with Crippen molar-refractivity contribution in [2.45, 2.75) is 25.2 Å². The van der Waals surface area contributed by atoms with E-state index in [0.29, 0.717) is 11.3 Å². The van der Waals surface area contributed by atoms with Gasteiger partial charge < -0.3 is 11.1 Å². The fourth-order valence-corrected chi connectivity index (χ4v) is 3.36. The number of hydrogen-bond donors (Lipinski definition) is 2. The van der Waals surface area contributed by atoms with E-state index in [2.05, 4.69) is 17.4 Å². The number of rotatable bonds is 4. The minimum absolute atomic E-state index is 0.0120. The molecule has 1 fully saturated rings. The first-order valence-electron chi connectivity index (χ1n) is 7.91. The summed E-state index contributed by atoms with van der Waals surface area (Å²) in [4.78, 5) is 23.9. The molecular formula is C19H20N2O2. The molecule has 4 heteroatoms. The third-order valence-corrected chi connectivity index (χ3v) is 4.50. The van der Waals surface area contributed by atoms with Gasteiger partial charge in [0.2, 0.25) is 11.8 Å². The van der Waals surface area contributed by atoms with Crippen molar-refractivity contribution in [2.75, 3.05) is 5.32 Å². The second-order valence-corrected chi connectivity index (χ2v) is 5.99. The lowest BCUT2D eigenvalue weighted by Crippen LogP contribution is -2.25. The molecule has 23 heavy (non-hydrogen) atoms. The fourth-order valence-electron chi connectivity index (χ4n) is 3.36. The van der Waals surface area contributed by atoms with Crippen LogP contribution in [0.15, 0.2) is 54.6 Å². The van der Waals surface area contributed by atoms with Gasteiger partial charge in [0.1, 0.15) is 0 Å². The Labute approximate surface area is 135 Å². The van der Waals surface area contributed by atoms with E-state index in [0.717, 1.165) is 19.3 Å². The number of carbonyl (C=O) groups excluding carboxylic acids is 2. The van der Waals surface area contributed by atoms with Crippen LogP contribution in [0.4, 0.5) is 5.69 Å². The highest BCUT2D eigenvalue weighted by atomic mass is 16.2. The standard InChI is InChI=1S/C19H20N2O2/c20-18(22)14-8-4-9-15(12-14)21-19(23)17-11-5-10-16(17)13-6-2-1-3-7-13/h1-4,6-9,12,16-17H,5,10-11H2,(H2,20,22)(H,21,23). The maximum Gasteiger partial charge on any atom is 0.248 e. The molecular weight excluding hydrogens is 288 g/mol. The summed E-state index contributed by atoms with van der Waals surface area (Å²) >= 11 is 0. The first-order chi connectivity index (χ1) is 11.1. The Bertz CT molecular complexity index is 712. The Morgan fingerprint density at radius 1 is 1.00 bits per heavy atom. The van der Waals surface area contributed by atoms with Crippen LogP contribution in [-0.4, -0.2) is 11.8 Å². The van der Waals surface area contributed by atoms with E-state index in [9.17, 15) is 9.59 Å². The van der Waals surface area contributed by atoms with Gasteiger partial charge in [0.05, 0.1) is 0 Å². The summed E-state index contributed by atoms with van der Waals surface area (Å²) in [5, 5.41) is 2.93. The topological polar surface area (TPSA) is 72.2 Å². The van der Waals surface area contributed by atoms with Crippen molar-refractivity contribution in [3.05, 3.63) is 65.7 Å². The van der Waals surface area contributed by atoms with Gasteiger partial charge in [-0.2, -0.15) is 0 Å². The van der Waals surface area contributed by atoms with Crippen molar-refractivity contribution in [1.82, 2.24) is 0 Å². The summed E-state index contributed by atoms with van der Waals surface area (Å²) in [5.41, 5.74) is 7.51. The molecule has 2 amide bonds. The predicted molar refractivity (Wildman–Crippen MR) is 90.1 cm³/mol. The Morgan fingerprint density at radius 2 is 1.78 bits per heavy atom. The van der Waals surface area contributed by atoms with E-state index in [-0.39, 0.29) is 17.7 Å². The van der Waals surface area contributed by atoms with E-state index >= 15 is 0 Å². The number of primary amides is 1. The van der Waals surface area contributed by atoms with Gasteiger partial charge in [-0.1, -0.05) is 42.8 Å².